The van der Waals surface area contributed by atoms with Crippen LogP contribution in [0.4, 0.5) is 23.7 Å². The lowest BCUT2D eigenvalue weighted by Gasteiger charge is -2.19. The van der Waals surface area contributed by atoms with E-state index in [1.54, 1.807) is 6.07 Å². The Morgan fingerprint density at radius 3 is 2.66 bits per heavy atom. The van der Waals surface area contributed by atoms with Crippen molar-refractivity contribution in [3.8, 4) is 5.69 Å². The lowest BCUT2D eigenvalue weighted by molar-refractivity contribution is -0.137. The minimum absolute atomic E-state index is 0.0514. The van der Waals surface area contributed by atoms with Crippen molar-refractivity contribution in [1.82, 2.24) is 9.88 Å². The zero-order chi connectivity index (χ0) is 25.3. The average Bonchev–Trinajstić information content (AvgIpc) is 3.42. The number of alkyl halides is 3. The van der Waals surface area contributed by atoms with Crippen LogP contribution in [0, 0.1) is 0 Å². The number of carbonyl (C=O) groups is 2. The zero-order valence-electron chi connectivity index (χ0n) is 17.7. The van der Waals surface area contributed by atoms with Gasteiger partial charge in [-0.2, -0.15) is 13.2 Å². The standard InChI is InChI=1S/C22H17ClF3N3O5S/c23-18-6-5-17(35-18)19(31)27-9-14-10-29(21(33)34-14)13-3-4-16(15(8-13)22(24,25)26)28-7-1-2-12(11-30)20(28)32/h1-8,14,30H,9-11H2,(H,27,31). The molecule has 1 atom stereocenters. The molecule has 1 unspecified atom stereocenters. The van der Waals surface area contributed by atoms with Crippen LogP contribution in [0.15, 0.2) is 53.5 Å². The Morgan fingerprint density at radius 2 is 2.00 bits per heavy atom. The number of aromatic nitrogens is 1. The third kappa shape index (κ3) is 5.19. The first-order chi connectivity index (χ1) is 16.6. The number of anilines is 1. The molecule has 2 N–H and O–H groups in total. The molecule has 0 spiro atoms. The van der Waals surface area contributed by atoms with Crippen molar-refractivity contribution >= 4 is 40.6 Å². The van der Waals surface area contributed by atoms with Crippen molar-refractivity contribution in [3.05, 3.63) is 79.4 Å². The van der Waals surface area contributed by atoms with Gasteiger partial charge < -0.3 is 15.2 Å². The fourth-order valence-electron chi connectivity index (χ4n) is 3.55. The number of benzene rings is 1. The van der Waals surface area contributed by atoms with Crippen LogP contribution >= 0.6 is 22.9 Å². The van der Waals surface area contributed by atoms with Gasteiger partial charge in [0.15, 0.2) is 0 Å². The Hall–Kier alpha value is -3.35. The van der Waals surface area contributed by atoms with Crippen LogP contribution in [-0.4, -0.2) is 40.9 Å². The van der Waals surface area contributed by atoms with E-state index < -0.39 is 47.7 Å². The summed E-state index contributed by atoms with van der Waals surface area (Å²) in [5.41, 5.74) is -2.55. The van der Waals surface area contributed by atoms with Gasteiger partial charge in [0, 0.05) is 17.4 Å². The summed E-state index contributed by atoms with van der Waals surface area (Å²) >= 11 is 6.88. The van der Waals surface area contributed by atoms with Gasteiger partial charge in [0.1, 0.15) is 6.10 Å². The van der Waals surface area contributed by atoms with Crippen LogP contribution in [0.2, 0.25) is 4.34 Å². The Bertz CT molecular complexity index is 1340. The van der Waals surface area contributed by atoms with E-state index in [2.05, 4.69) is 5.32 Å². The molecule has 2 aromatic heterocycles. The van der Waals surface area contributed by atoms with Crippen LogP contribution in [0.1, 0.15) is 20.8 Å². The normalized spacial score (nSPS) is 15.9. The van der Waals surface area contributed by atoms with Crippen LogP contribution < -0.4 is 15.8 Å². The molecule has 35 heavy (non-hydrogen) atoms. The second-order valence-electron chi connectivity index (χ2n) is 7.50. The Balaban J connectivity index is 1.57. The summed E-state index contributed by atoms with van der Waals surface area (Å²) in [6.45, 7) is -0.777. The smallest absolute Gasteiger partial charge is 0.418 e. The van der Waals surface area contributed by atoms with Gasteiger partial charge in [-0.1, -0.05) is 11.6 Å². The number of pyridine rings is 1. The second kappa shape index (κ2) is 9.72. The Kier molecular flexibility index (Phi) is 6.88. The van der Waals surface area contributed by atoms with Gasteiger partial charge in [-0.05, 0) is 42.5 Å². The van der Waals surface area contributed by atoms with Gasteiger partial charge >= 0.3 is 12.3 Å². The van der Waals surface area contributed by atoms with Crippen LogP contribution in [-0.2, 0) is 17.5 Å². The molecule has 1 aliphatic rings. The van der Waals surface area contributed by atoms with Crippen molar-refractivity contribution in [2.75, 3.05) is 18.0 Å². The number of hydrogen-bond acceptors (Lipinski definition) is 6. The van der Waals surface area contributed by atoms with Crippen molar-refractivity contribution in [2.45, 2.75) is 18.9 Å². The highest BCUT2D eigenvalue weighted by Gasteiger charge is 2.38. The molecule has 1 aromatic carbocycles. The summed E-state index contributed by atoms with van der Waals surface area (Å²) in [4.78, 5) is 38.4. The number of aliphatic hydroxyl groups is 1. The molecule has 0 bridgehead atoms. The lowest BCUT2D eigenvalue weighted by Crippen LogP contribution is -2.34. The van der Waals surface area contributed by atoms with Crippen LogP contribution in [0.3, 0.4) is 0 Å². The number of halogens is 4. The summed E-state index contributed by atoms with van der Waals surface area (Å²) in [5, 5.41) is 11.9. The van der Waals surface area contributed by atoms with E-state index in [-0.39, 0.29) is 24.3 Å². The molecule has 13 heteroatoms. The monoisotopic (exact) mass is 527 g/mol. The SMILES string of the molecule is O=C(NCC1CN(c2ccc(-n3cccc(CO)c3=O)c(C(F)(F)F)c2)C(=O)O1)c1ccc(Cl)s1. The highest BCUT2D eigenvalue weighted by molar-refractivity contribution is 7.18. The predicted octanol–water partition coefficient (Wildman–Crippen LogP) is 3.82. The van der Waals surface area contributed by atoms with Gasteiger partial charge in [-0.3, -0.25) is 19.1 Å². The number of hydrogen-bond donors (Lipinski definition) is 2. The molecule has 3 aromatic rings. The van der Waals surface area contributed by atoms with Crippen molar-refractivity contribution in [2.24, 2.45) is 0 Å². The maximum absolute atomic E-state index is 13.9. The van der Waals surface area contributed by atoms with Gasteiger partial charge in [0.05, 0.1) is 40.2 Å². The first-order valence-corrected chi connectivity index (χ1v) is 11.3. The molecule has 184 valence electrons. The molecule has 2 amide bonds. The van der Waals surface area contributed by atoms with Gasteiger partial charge in [0.2, 0.25) is 0 Å². The topological polar surface area (TPSA) is 101 Å². The van der Waals surface area contributed by atoms with E-state index in [0.717, 1.165) is 39.1 Å². The Morgan fingerprint density at radius 1 is 1.23 bits per heavy atom. The quantitative estimate of drug-likeness (QED) is 0.507. The number of thiophene rings is 1. The van der Waals surface area contributed by atoms with Gasteiger partial charge in [-0.25, -0.2) is 4.79 Å². The number of amides is 2. The van der Waals surface area contributed by atoms with E-state index in [1.165, 1.54) is 24.3 Å². The van der Waals surface area contributed by atoms with E-state index in [4.69, 9.17) is 16.3 Å². The van der Waals surface area contributed by atoms with Gasteiger partial charge in [-0.15, -0.1) is 11.3 Å². The number of rotatable bonds is 6. The molecule has 0 saturated carbocycles. The molecule has 8 nitrogen and oxygen atoms in total. The summed E-state index contributed by atoms with van der Waals surface area (Å²) in [7, 11) is 0. The maximum Gasteiger partial charge on any atom is 0.418 e. The summed E-state index contributed by atoms with van der Waals surface area (Å²) in [6, 6.07) is 8.85. The van der Waals surface area contributed by atoms with E-state index in [1.807, 2.05) is 0 Å². The van der Waals surface area contributed by atoms with Crippen LogP contribution in [0.5, 0.6) is 0 Å². The fourth-order valence-corrected chi connectivity index (χ4v) is 4.51. The number of aliphatic hydroxyl groups excluding tert-OH is 1. The number of nitrogens with one attached hydrogen (secondary N) is 1. The molecule has 1 saturated heterocycles. The number of nitrogens with zero attached hydrogens (tertiary/aromatic N) is 2. The zero-order valence-corrected chi connectivity index (χ0v) is 19.3. The molecular formula is C22H17ClF3N3O5S. The number of ether oxygens (including phenoxy) is 1. The molecule has 0 aliphatic carbocycles. The molecule has 1 aliphatic heterocycles. The van der Waals surface area contributed by atoms with Crippen molar-refractivity contribution in [1.29, 1.82) is 0 Å². The summed E-state index contributed by atoms with van der Waals surface area (Å²) < 4.78 is 48.1. The third-order valence-corrected chi connectivity index (χ3v) is 6.44. The van der Waals surface area contributed by atoms with E-state index in [9.17, 15) is 32.7 Å². The first-order valence-electron chi connectivity index (χ1n) is 10.1. The van der Waals surface area contributed by atoms with E-state index >= 15 is 0 Å². The molecular weight excluding hydrogens is 511 g/mol. The number of carbonyl (C=O) groups excluding carboxylic acids is 2. The fraction of sp³-hybridized carbons (Fsp3) is 0.227. The van der Waals surface area contributed by atoms with Gasteiger partial charge in [0.25, 0.3) is 11.5 Å². The highest BCUT2D eigenvalue weighted by Crippen LogP contribution is 2.37. The third-order valence-electron chi connectivity index (χ3n) is 5.21. The first kappa shape index (κ1) is 24.8. The summed E-state index contributed by atoms with van der Waals surface area (Å²) in [5.74, 6) is -0.421. The molecule has 0 radical (unpaired) electrons. The molecule has 1 fully saturated rings. The number of cyclic esters (lactones) is 1. The summed E-state index contributed by atoms with van der Waals surface area (Å²) in [6.07, 6.45) is -5.35. The predicted molar refractivity (Wildman–Crippen MR) is 122 cm³/mol. The molecule has 3 heterocycles. The minimum atomic E-state index is -4.85. The average molecular weight is 528 g/mol. The lowest BCUT2D eigenvalue weighted by atomic mass is 10.1. The highest BCUT2D eigenvalue weighted by atomic mass is 35.5. The van der Waals surface area contributed by atoms with E-state index in [0.29, 0.717) is 9.21 Å². The van der Waals surface area contributed by atoms with Crippen molar-refractivity contribution in [3.63, 3.8) is 0 Å². The van der Waals surface area contributed by atoms with Crippen LogP contribution in [0.25, 0.3) is 5.69 Å². The second-order valence-corrected chi connectivity index (χ2v) is 9.21. The molecule has 4 rings (SSSR count). The maximum atomic E-state index is 13.9. The Labute approximate surface area is 205 Å². The minimum Gasteiger partial charge on any atom is -0.442 e. The van der Waals surface area contributed by atoms with Crippen molar-refractivity contribution < 1.29 is 32.6 Å². The largest absolute Gasteiger partial charge is 0.442 e.